The van der Waals surface area contributed by atoms with Crippen molar-refractivity contribution in [2.24, 2.45) is 0 Å². The van der Waals surface area contributed by atoms with Crippen molar-refractivity contribution in [3.63, 3.8) is 0 Å². The van der Waals surface area contributed by atoms with Crippen LogP contribution >= 0.6 is 11.3 Å². The van der Waals surface area contributed by atoms with E-state index in [0.717, 1.165) is 38.6 Å². The molecule has 51 heavy (non-hydrogen) atoms. The summed E-state index contributed by atoms with van der Waals surface area (Å²) >= 11 is 1.80. The van der Waals surface area contributed by atoms with Crippen LogP contribution in [0.15, 0.2) is 176 Å². The van der Waals surface area contributed by atoms with Crippen LogP contribution in [0.1, 0.15) is 0 Å². The average molecular weight is 668 g/mol. The van der Waals surface area contributed by atoms with E-state index in [9.17, 15) is 0 Å². The molecule has 0 radical (unpaired) electrons. The Morgan fingerprint density at radius 2 is 0.863 bits per heavy atom. The molecule has 8 aromatic carbocycles. The highest BCUT2D eigenvalue weighted by atomic mass is 32.1. The first-order valence-corrected chi connectivity index (χ1v) is 17.9. The maximum absolute atomic E-state index is 5.21. The van der Waals surface area contributed by atoms with Crippen molar-refractivity contribution < 1.29 is 0 Å². The summed E-state index contributed by atoms with van der Waals surface area (Å²) in [6.45, 7) is 0. The van der Waals surface area contributed by atoms with Crippen LogP contribution in [0.2, 0.25) is 0 Å². The van der Waals surface area contributed by atoms with Gasteiger partial charge in [-0.2, -0.15) is 0 Å². The van der Waals surface area contributed by atoms with E-state index in [2.05, 4.69) is 176 Å². The Hall–Kier alpha value is -6.49. The lowest BCUT2D eigenvalue weighted by Crippen LogP contribution is -2.01. The van der Waals surface area contributed by atoms with Gasteiger partial charge in [-0.1, -0.05) is 152 Å². The van der Waals surface area contributed by atoms with E-state index in [4.69, 9.17) is 15.0 Å². The highest BCUT2D eigenvalue weighted by molar-refractivity contribution is 7.25. The second-order valence-electron chi connectivity index (χ2n) is 12.8. The van der Waals surface area contributed by atoms with Crippen molar-refractivity contribution >= 4 is 53.1 Å². The number of rotatable bonds is 5. The molecule has 4 heteroatoms. The van der Waals surface area contributed by atoms with Crippen molar-refractivity contribution in [1.82, 2.24) is 15.0 Å². The standard InChI is InChI=1S/C47H29N3S/c1-2-12-34-28-36(27-26-30(34)10-1)32-24-22-31(23-25-32)35-14-7-15-37(29-35)45-48-46(39-18-8-13-33-11-3-4-16-38(33)39)50-47(49-45)41-19-9-21-43-44(41)40-17-5-6-20-42(40)51-43/h1-29H. The summed E-state index contributed by atoms with van der Waals surface area (Å²) in [4.78, 5) is 15.6. The number of aromatic nitrogens is 3. The molecule has 10 aromatic rings. The van der Waals surface area contributed by atoms with Crippen molar-refractivity contribution in [3.8, 4) is 56.4 Å². The van der Waals surface area contributed by atoms with Crippen LogP contribution in [0.5, 0.6) is 0 Å². The first-order chi connectivity index (χ1) is 25.2. The van der Waals surface area contributed by atoms with Gasteiger partial charge in [0.1, 0.15) is 0 Å². The lowest BCUT2D eigenvalue weighted by molar-refractivity contribution is 1.08. The molecule has 0 fully saturated rings. The van der Waals surface area contributed by atoms with E-state index in [-0.39, 0.29) is 0 Å². The van der Waals surface area contributed by atoms with E-state index in [1.807, 2.05) is 0 Å². The number of hydrogen-bond acceptors (Lipinski definition) is 4. The zero-order chi connectivity index (χ0) is 33.7. The predicted octanol–water partition coefficient (Wildman–Crippen LogP) is 12.9. The summed E-state index contributed by atoms with van der Waals surface area (Å²) in [5.41, 5.74) is 7.59. The van der Waals surface area contributed by atoms with Gasteiger partial charge in [-0.15, -0.1) is 11.3 Å². The Morgan fingerprint density at radius 3 is 1.71 bits per heavy atom. The van der Waals surface area contributed by atoms with E-state index >= 15 is 0 Å². The first kappa shape index (κ1) is 29.4. The van der Waals surface area contributed by atoms with Gasteiger partial charge in [-0.05, 0) is 68.1 Å². The van der Waals surface area contributed by atoms with Crippen molar-refractivity contribution in [1.29, 1.82) is 0 Å². The molecule has 0 aliphatic rings. The van der Waals surface area contributed by atoms with Crippen LogP contribution < -0.4 is 0 Å². The van der Waals surface area contributed by atoms with Gasteiger partial charge in [0.15, 0.2) is 17.5 Å². The minimum Gasteiger partial charge on any atom is -0.208 e. The molecule has 2 aromatic heterocycles. The molecule has 238 valence electrons. The zero-order valence-corrected chi connectivity index (χ0v) is 28.3. The van der Waals surface area contributed by atoms with Gasteiger partial charge in [0, 0.05) is 36.9 Å². The van der Waals surface area contributed by atoms with Gasteiger partial charge in [-0.25, -0.2) is 15.0 Å². The van der Waals surface area contributed by atoms with E-state index < -0.39 is 0 Å². The molecular formula is C47H29N3S. The maximum atomic E-state index is 5.21. The minimum absolute atomic E-state index is 0.647. The molecule has 0 unspecified atom stereocenters. The van der Waals surface area contributed by atoms with Gasteiger partial charge in [0.2, 0.25) is 0 Å². The summed E-state index contributed by atoms with van der Waals surface area (Å²) in [7, 11) is 0. The van der Waals surface area contributed by atoms with E-state index in [1.54, 1.807) is 11.3 Å². The Morgan fingerprint density at radius 1 is 0.314 bits per heavy atom. The number of hydrogen-bond donors (Lipinski definition) is 0. The van der Waals surface area contributed by atoms with Gasteiger partial charge in [0.05, 0.1) is 0 Å². The summed E-state index contributed by atoms with van der Waals surface area (Å²) in [5.74, 6) is 1.98. The molecule has 0 atom stereocenters. The molecule has 3 nitrogen and oxygen atoms in total. The van der Waals surface area contributed by atoms with Crippen molar-refractivity contribution in [3.05, 3.63) is 176 Å². The fraction of sp³-hybridized carbons (Fsp3) is 0. The fourth-order valence-electron chi connectivity index (χ4n) is 7.19. The molecule has 0 aliphatic heterocycles. The first-order valence-electron chi connectivity index (χ1n) is 17.1. The smallest absolute Gasteiger partial charge is 0.164 e. The van der Waals surface area contributed by atoms with Crippen LogP contribution in [-0.4, -0.2) is 15.0 Å². The number of fused-ring (bicyclic) bond motifs is 5. The van der Waals surface area contributed by atoms with Gasteiger partial charge >= 0.3 is 0 Å². The highest BCUT2D eigenvalue weighted by Crippen LogP contribution is 2.40. The average Bonchev–Trinajstić information content (AvgIpc) is 3.59. The van der Waals surface area contributed by atoms with E-state index in [1.165, 1.54) is 42.1 Å². The molecule has 2 heterocycles. The second-order valence-corrected chi connectivity index (χ2v) is 13.9. The van der Waals surface area contributed by atoms with Gasteiger partial charge in [-0.3, -0.25) is 0 Å². The van der Waals surface area contributed by atoms with Crippen molar-refractivity contribution in [2.45, 2.75) is 0 Å². The van der Waals surface area contributed by atoms with Crippen LogP contribution in [0.3, 0.4) is 0 Å². The summed E-state index contributed by atoms with van der Waals surface area (Å²) in [6.07, 6.45) is 0. The van der Waals surface area contributed by atoms with E-state index in [0.29, 0.717) is 17.5 Å². The molecular weight excluding hydrogens is 639 g/mol. The Balaban J connectivity index is 1.11. The largest absolute Gasteiger partial charge is 0.208 e. The molecule has 0 N–H and O–H groups in total. The summed E-state index contributed by atoms with van der Waals surface area (Å²) in [5, 5.41) is 7.16. The third-order valence-electron chi connectivity index (χ3n) is 9.73. The molecule has 0 spiro atoms. The molecule has 0 amide bonds. The third kappa shape index (κ3) is 5.25. The molecule has 0 bridgehead atoms. The second kappa shape index (κ2) is 12.1. The van der Waals surface area contributed by atoms with Crippen LogP contribution in [0.4, 0.5) is 0 Å². The predicted molar refractivity (Wildman–Crippen MR) is 215 cm³/mol. The lowest BCUT2D eigenvalue weighted by Gasteiger charge is -2.12. The monoisotopic (exact) mass is 667 g/mol. The zero-order valence-electron chi connectivity index (χ0n) is 27.5. The highest BCUT2D eigenvalue weighted by Gasteiger charge is 2.18. The Bertz CT molecular complexity index is 2920. The SMILES string of the molecule is c1cc(-c2ccc(-c3ccc4ccccc4c3)cc2)cc(-c2nc(-c3cccc4ccccc34)nc(-c3cccc4sc5ccccc5c34)n2)c1. The molecule has 0 aliphatic carbocycles. The lowest BCUT2D eigenvalue weighted by atomic mass is 9.97. The molecule has 0 saturated heterocycles. The fourth-order valence-corrected chi connectivity index (χ4v) is 8.32. The third-order valence-corrected chi connectivity index (χ3v) is 10.9. The molecule has 0 saturated carbocycles. The van der Waals surface area contributed by atoms with Crippen LogP contribution in [-0.2, 0) is 0 Å². The molecule has 10 rings (SSSR count). The summed E-state index contributed by atoms with van der Waals surface area (Å²) < 4.78 is 2.47. The van der Waals surface area contributed by atoms with Crippen LogP contribution in [0, 0.1) is 0 Å². The minimum atomic E-state index is 0.647. The number of benzene rings is 8. The van der Waals surface area contributed by atoms with Gasteiger partial charge in [0.25, 0.3) is 0 Å². The normalized spacial score (nSPS) is 11.5. The quantitative estimate of drug-likeness (QED) is 0.183. The van der Waals surface area contributed by atoms with Crippen molar-refractivity contribution in [2.75, 3.05) is 0 Å². The Labute approximate surface area is 299 Å². The summed E-state index contributed by atoms with van der Waals surface area (Å²) in [6, 6.07) is 62.2. The topological polar surface area (TPSA) is 38.7 Å². The van der Waals surface area contributed by atoms with Crippen LogP contribution in [0.25, 0.3) is 98.1 Å². The van der Waals surface area contributed by atoms with Gasteiger partial charge < -0.3 is 0 Å². The number of nitrogens with zero attached hydrogens (tertiary/aromatic N) is 3. The number of thiophene rings is 1. The Kier molecular flexibility index (Phi) is 7.00. The maximum Gasteiger partial charge on any atom is 0.164 e.